The van der Waals surface area contributed by atoms with Gasteiger partial charge in [-0.3, -0.25) is 4.79 Å². The van der Waals surface area contributed by atoms with E-state index in [0.717, 1.165) is 4.52 Å². The maximum Gasteiger partial charge on any atom is 0.305 e. The standard InChI is InChI=1S/C10H7ClN8O/c11-5-1-3-6(4-2-5)14-15-7-8(12)13-10-16-17-18-19(10)9(7)20/h1-4H,12H2,(H,13,16,18). The van der Waals surface area contributed by atoms with E-state index in [4.69, 9.17) is 17.3 Å². The molecule has 0 aliphatic carbocycles. The molecular weight excluding hydrogens is 284 g/mol. The first-order valence-electron chi connectivity index (χ1n) is 5.42. The minimum Gasteiger partial charge on any atom is -0.382 e. The van der Waals surface area contributed by atoms with E-state index in [1.165, 1.54) is 0 Å². The summed E-state index contributed by atoms with van der Waals surface area (Å²) in [5, 5.41) is 17.7. The Morgan fingerprint density at radius 1 is 1.25 bits per heavy atom. The van der Waals surface area contributed by atoms with Crippen LogP contribution in [-0.2, 0) is 0 Å². The minimum absolute atomic E-state index is 0.0675. The van der Waals surface area contributed by atoms with Gasteiger partial charge in [-0.1, -0.05) is 16.7 Å². The van der Waals surface area contributed by atoms with Crippen LogP contribution in [0, 0.1) is 0 Å². The van der Waals surface area contributed by atoms with E-state index < -0.39 is 5.56 Å². The summed E-state index contributed by atoms with van der Waals surface area (Å²) in [7, 11) is 0. The number of benzene rings is 1. The highest BCUT2D eigenvalue weighted by molar-refractivity contribution is 6.30. The number of hydrogen-bond acceptors (Lipinski definition) is 7. The first kappa shape index (κ1) is 12.2. The average molecular weight is 291 g/mol. The number of H-pyrrole nitrogens is 1. The second-order valence-electron chi connectivity index (χ2n) is 3.76. The zero-order chi connectivity index (χ0) is 14.1. The van der Waals surface area contributed by atoms with Crippen molar-refractivity contribution in [1.29, 1.82) is 0 Å². The number of aromatic amines is 1. The van der Waals surface area contributed by atoms with Crippen LogP contribution >= 0.6 is 11.6 Å². The topological polar surface area (TPSA) is 127 Å². The predicted molar refractivity (Wildman–Crippen MR) is 71.4 cm³/mol. The third kappa shape index (κ3) is 2.10. The van der Waals surface area contributed by atoms with Crippen molar-refractivity contribution in [2.75, 3.05) is 5.73 Å². The molecule has 2 aromatic heterocycles. The highest BCUT2D eigenvalue weighted by Gasteiger charge is 2.11. The molecule has 3 aromatic rings. The normalized spacial score (nSPS) is 11.4. The van der Waals surface area contributed by atoms with Crippen LogP contribution in [0.2, 0.25) is 5.02 Å². The number of rotatable bonds is 2. The van der Waals surface area contributed by atoms with Crippen molar-refractivity contribution in [3.63, 3.8) is 0 Å². The third-order valence-corrected chi connectivity index (χ3v) is 2.70. The lowest BCUT2D eigenvalue weighted by Gasteiger charge is -1.97. The Hall–Kier alpha value is -2.81. The number of nitrogens with two attached hydrogens (primary N) is 1. The van der Waals surface area contributed by atoms with Gasteiger partial charge in [0, 0.05) is 5.02 Å². The molecule has 100 valence electrons. The number of nitrogen functional groups attached to an aromatic ring is 1. The fourth-order valence-corrected chi connectivity index (χ4v) is 1.62. The number of azo groups is 1. The van der Waals surface area contributed by atoms with Gasteiger partial charge in [0.05, 0.1) is 5.69 Å². The average Bonchev–Trinajstić information content (AvgIpc) is 2.89. The highest BCUT2D eigenvalue weighted by Crippen LogP contribution is 2.20. The van der Waals surface area contributed by atoms with E-state index in [1.54, 1.807) is 24.3 Å². The molecule has 0 radical (unpaired) electrons. The number of aromatic nitrogens is 5. The van der Waals surface area contributed by atoms with Crippen LogP contribution in [0.25, 0.3) is 5.78 Å². The summed E-state index contributed by atoms with van der Waals surface area (Å²) in [6.07, 6.45) is 0. The number of fused-ring (bicyclic) bond motifs is 1. The molecule has 2 heterocycles. The molecule has 0 saturated heterocycles. The van der Waals surface area contributed by atoms with Gasteiger partial charge in [-0.15, -0.1) is 5.11 Å². The van der Waals surface area contributed by atoms with E-state index in [-0.39, 0.29) is 17.3 Å². The zero-order valence-corrected chi connectivity index (χ0v) is 10.6. The number of tetrazole rings is 1. The van der Waals surface area contributed by atoms with Crippen LogP contribution in [0.3, 0.4) is 0 Å². The van der Waals surface area contributed by atoms with Gasteiger partial charge in [0.1, 0.15) is 0 Å². The highest BCUT2D eigenvalue weighted by atomic mass is 35.5. The third-order valence-electron chi connectivity index (χ3n) is 2.44. The number of halogens is 1. The van der Waals surface area contributed by atoms with Crippen molar-refractivity contribution < 1.29 is 0 Å². The van der Waals surface area contributed by atoms with Gasteiger partial charge in [-0.2, -0.15) is 19.8 Å². The molecule has 0 atom stereocenters. The first-order valence-corrected chi connectivity index (χ1v) is 5.79. The molecule has 0 spiro atoms. The molecule has 0 saturated carbocycles. The molecule has 0 aliphatic rings. The lowest BCUT2D eigenvalue weighted by atomic mass is 10.3. The summed E-state index contributed by atoms with van der Waals surface area (Å²) >= 11 is 5.76. The molecule has 9 nitrogen and oxygen atoms in total. The zero-order valence-electron chi connectivity index (χ0n) is 9.86. The molecule has 0 bridgehead atoms. The van der Waals surface area contributed by atoms with E-state index in [2.05, 4.69) is 30.7 Å². The summed E-state index contributed by atoms with van der Waals surface area (Å²) < 4.78 is 1.02. The number of nitrogens with zero attached hydrogens (tertiary/aromatic N) is 6. The summed E-state index contributed by atoms with van der Waals surface area (Å²) in [4.78, 5) is 15.9. The van der Waals surface area contributed by atoms with Gasteiger partial charge in [0.2, 0.25) is 0 Å². The van der Waals surface area contributed by atoms with Crippen LogP contribution in [0.5, 0.6) is 0 Å². The molecule has 20 heavy (non-hydrogen) atoms. The van der Waals surface area contributed by atoms with E-state index >= 15 is 0 Å². The number of anilines is 1. The Labute approximate surface area is 116 Å². The Bertz CT molecular complexity index is 850. The number of hydrogen-bond donors (Lipinski definition) is 2. The van der Waals surface area contributed by atoms with Crippen LogP contribution in [0.15, 0.2) is 39.3 Å². The Morgan fingerprint density at radius 3 is 2.75 bits per heavy atom. The van der Waals surface area contributed by atoms with Gasteiger partial charge in [0.15, 0.2) is 11.5 Å². The molecule has 10 heteroatoms. The van der Waals surface area contributed by atoms with E-state index in [9.17, 15) is 4.79 Å². The molecule has 0 amide bonds. The largest absolute Gasteiger partial charge is 0.382 e. The van der Waals surface area contributed by atoms with Crippen LogP contribution in [0.4, 0.5) is 17.2 Å². The van der Waals surface area contributed by atoms with Crippen LogP contribution in [0.1, 0.15) is 0 Å². The van der Waals surface area contributed by atoms with Crippen molar-refractivity contribution in [1.82, 2.24) is 25.0 Å². The maximum atomic E-state index is 12.0. The lowest BCUT2D eigenvalue weighted by Crippen LogP contribution is -2.16. The summed E-state index contributed by atoms with van der Waals surface area (Å²) in [6.45, 7) is 0. The van der Waals surface area contributed by atoms with Crippen molar-refractivity contribution >= 4 is 34.6 Å². The summed E-state index contributed by atoms with van der Waals surface area (Å²) in [5.41, 5.74) is 5.56. The van der Waals surface area contributed by atoms with Gasteiger partial charge in [-0.25, -0.2) is 0 Å². The predicted octanol–water partition coefficient (Wildman–Crippen LogP) is 1.46. The number of nitrogens with one attached hydrogen (secondary N) is 1. The van der Waals surface area contributed by atoms with E-state index in [1.807, 2.05) is 0 Å². The molecule has 1 aromatic carbocycles. The minimum atomic E-state index is -0.532. The molecular formula is C10H7ClN8O. The fourth-order valence-electron chi connectivity index (χ4n) is 1.50. The summed E-state index contributed by atoms with van der Waals surface area (Å²) in [6, 6.07) is 6.63. The second kappa shape index (κ2) is 4.70. The molecule has 0 aliphatic heterocycles. The van der Waals surface area contributed by atoms with Crippen molar-refractivity contribution in [2.45, 2.75) is 0 Å². The molecule has 0 fully saturated rings. The Morgan fingerprint density at radius 2 is 2.00 bits per heavy atom. The smallest absolute Gasteiger partial charge is 0.305 e. The van der Waals surface area contributed by atoms with Crippen LogP contribution < -0.4 is 11.3 Å². The van der Waals surface area contributed by atoms with Crippen molar-refractivity contribution in [2.24, 2.45) is 10.2 Å². The van der Waals surface area contributed by atoms with Gasteiger partial charge in [-0.05, 0) is 29.5 Å². The van der Waals surface area contributed by atoms with Crippen LogP contribution in [-0.4, -0.2) is 25.0 Å². The quantitative estimate of drug-likeness (QED) is 0.691. The Kier molecular flexibility index (Phi) is 2.88. The monoisotopic (exact) mass is 290 g/mol. The molecule has 3 rings (SSSR count). The SMILES string of the molecule is Nc1nc2nn[nH]n2c(=O)c1N=Nc1ccc(Cl)cc1. The van der Waals surface area contributed by atoms with Gasteiger partial charge >= 0.3 is 5.56 Å². The first-order chi connectivity index (χ1) is 9.65. The van der Waals surface area contributed by atoms with Gasteiger partial charge < -0.3 is 5.73 Å². The lowest BCUT2D eigenvalue weighted by molar-refractivity contribution is 0.800. The van der Waals surface area contributed by atoms with Crippen molar-refractivity contribution in [3.05, 3.63) is 39.6 Å². The molecule has 3 N–H and O–H groups in total. The van der Waals surface area contributed by atoms with E-state index in [0.29, 0.717) is 10.7 Å². The second-order valence-corrected chi connectivity index (χ2v) is 4.20. The Balaban J connectivity index is 2.06. The fraction of sp³-hybridized carbons (Fsp3) is 0. The van der Waals surface area contributed by atoms with Crippen molar-refractivity contribution in [3.8, 4) is 0 Å². The summed E-state index contributed by atoms with van der Waals surface area (Å²) in [5.74, 6) is -0.000411. The maximum absolute atomic E-state index is 12.0. The molecule has 0 unspecified atom stereocenters. The van der Waals surface area contributed by atoms with Gasteiger partial charge in [0.25, 0.3) is 5.78 Å².